The predicted molar refractivity (Wildman–Crippen MR) is 65.4 cm³/mol. The van der Waals surface area contributed by atoms with Crippen molar-refractivity contribution in [2.24, 2.45) is 5.41 Å². The lowest BCUT2D eigenvalue weighted by Gasteiger charge is -2.22. The van der Waals surface area contributed by atoms with Crippen molar-refractivity contribution >= 4 is 0 Å². The van der Waals surface area contributed by atoms with Crippen LogP contribution in [0, 0.1) is 5.41 Å². The fraction of sp³-hybridized carbons (Fsp3) is 0.846. The van der Waals surface area contributed by atoms with Gasteiger partial charge in [0.15, 0.2) is 0 Å². The zero-order valence-electron chi connectivity index (χ0n) is 10.7. The molecule has 1 heteroatoms. The Labute approximate surface area is 90.2 Å². The van der Waals surface area contributed by atoms with Gasteiger partial charge in [-0.2, -0.15) is 0 Å². The summed E-state index contributed by atoms with van der Waals surface area (Å²) in [5, 5.41) is 0. The van der Waals surface area contributed by atoms with E-state index in [4.69, 9.17) is 0 Å². The minimum atomic E-state index is 0.486. The Morgan fingerprint density at radius 1 is 1.21 bits per heavy atom. The summed E-state index contributed by atoms with van der Waals surface area (Å²) in [5.41, 5.74) is 1.74. The van der Waals surface area contributed by atoms with Gasteiger partial charge in [-0.15, -0.1) is 0 Å². The molecule has 0 amide bonds. The van der Waals surface area contributed by atoms with Crippen LogP contribution in [0.5, 0.6) is 0 Å². The number of hydrogen-bond acceptors (Lipinski definition) is 1. The zero-order chi connectivity index (χ0) is 11.2. The van der Waals surface area contributed by atoms with E-state index < -0.39 is 0 Å². The van der Waals surface area contributed by atoms with Crippen molar-refractivity contribution in [1.29, 1.82) is 0 Å². The Hall–Kier alpha value is -0.460. The van der Waals surface area contributed by atoms with Gasteiger partial charge >= 0.3 is 0 Å². The molecule has 0 aliphatic heterocycles. The van der Waals surface area contributed by atoms with Crippen LogP contribution in [-0.4, -0.2) is 18.5 Å². The summed E-state index contributed by atoms with van der Waals surface area (Å²) in [6, 6.07) is 0. The van der Waals surface area contributed by atoms with Gasteiger partial charge in [0.25, 0.3) is 0 Å². The first-order valence-corrected chi connectivity index (χ1v) is 5.75. The van der Waals surface area contributed by atoms with E-state index in [1.54, 1.807) is 0 Å². The first-order chi connectivity index (χ1) is 6.37. The summed E-state index contributed by atoms with van der Waals surface area (Å²) in [6.07, 6.45) is 4.99. The van der Waals surface area contributed by atoms with Crippen LogP contribution in [0.15, 0.2) is 12.3 Å². The first-order valence-electron chi connectivity index (χ1n) is 5.75. The molecule has 0 bridgehead atoms. The molecular formula is C13H27N. The molecule has 0 rings (SSSR count). The maximum Gasteiger partial charge on any atom is 0.0171 e. The van der Waals surface area contributed by atoms with E-state index in [0.717, 1.165) is 13.0 Å². The van der Waals surface area contributed by atoms with Crippen LogP contribution in [0.25, 0.3) is 0 Å². The molecule has 0 atom stereocenters. The van der Waals surface area contributed by atoms with E-state index in [1.807, 2.05) is 0 Å². The molecule has 0 radical (unpaired) electrons. The average Bonchev–Trinajstić information content (AvgIpc) is 2.09. The summed E-state index contributed by atoms with van der Waals surface area (Å²) in [7, 11) is 2.14. The van der Waals surface area contributed by atoms with Gasteiger partial charge in [-0.05, 0) is 24.7 Å². The van der Waals surface area contributed by atoms with Crippen molar-refractivity contribution in [3.05, 3.63) is 12.3 Å². The maximum absolute atomic E-state index is 4.03. The van der Waals surface area contributed by atoms with E-state index in [0.29, 0.717) is 5.41 Å². The Balaban J connectivity index is 3.50. The number of allylic oxidation sites excluding steroid dienone is 1. The van der Waals surface area contributed by atoms with Crippen LogP contribution in [0.4, 0.5) is 0 Å². The molecule has 0 aliphatic rings. The molecule has 14 heavy (non-hydrogen) atoms. The number of hydrogen-bond donors (Lipinski definition) is 0. The highest BCUT2D eigenvalue weighted by Gasteiger charge is 2.09. The highest BCUT2D eigenvalue weighted by molar-refractivity contribution is 4.90. The van der Waals surface area contributed by atoms with E-state index in [2.05, 4.69) is 46.2 Å². The molecule has 0 aromatic heterocycles. The van der Waals surface area contributed by atoms with Crippen molar-refractivity contribution in [1.82, 2.24) is 4.90 Å². The van der Waals surface area contributed by atoms with Gasteiger partial charge < -0.3 is 4.90 Å². The van der Waals surface area contributed by atoms with Crippen molar-refractivity contribution in [2.45, 2.75) is 53.4 Å². The standard InChI is InChI=1S/C13H27N/c1-7-12(2)14(6)11-9-8-10-13(3,4)5/h2,7-11H2,1,3-6H3. The molecule has 0 unspecified atom stereocenters. The molecule has 84 valence electrons. The Morgan fingerprint density at radius 3 is 2.21 bits per heavy atom. The Bertz CT molecular complexity index is 165. The lowest BCUT2D eigenvalue weighted by atomic mass is 9.90. The third-order valence-electron chi connectivity index (χ3n) is 2.62. The third-order valence-corrected chi connectivity index (χ3v) is 2.62. The van der Waals surface area contributed by atoms with Gasteiger partial charge in [0.05, 0.1) is 0 Å². The highest BCUT2D eigenvalue weighted by Crippen LogP contribution is 2.21. The minimum Gasteiger partial charge on any atom is -0.378 e. The fourth-order valence-corrected chi connectivity index (χ4v) is 1.43. The molecule has 0 aromatic rings. The van der Waals surface area contributed by atoms with Crippen LogP contribution in [-0.2, 0) is 0 Å². The second kappa shape index (κ2) is 6.10. The van der Waals surface area contributed by atoms with Crippen LogP contribution in [0.2, 0.25) is 0 Å². The predicted octanol–water partition coefficient (Wildman–Crippen LogP) is 4.06. The van der Waals surface area contributed by atoms with Crippen molar-refractivity contribution in [3.8, 4) is 0 Å². The van der Waals surface area contributed by atoms with Crippen molar-refractivity contribution in [3.63, 3.8) is 0 Å². The van der Waals surface area contributed by atoms with E-state index in [9.17, 15) is 0 Å². The monoisotopic (exact) mass is 197 g/mol. The normalized spacial score (nSPS) is 11.5. The van der Waals surface area contributed by atoms with Crippen LogP contribution in [0.1, 0.15) is 53.4 Å². The highest BCUT2D eigenvalue weighted by atomic mass is 15.1. The molecule has 0 aromatic carbocycles. The zero-order valence-corrected chi connectivity index (χ0v) is 10.7. The summed E-state index contributed by atoms with van der Waals surface area (Å²) >= 11 is 0. The molecule has 0 saturated carbocycles. The number of nitrogens with zero attached hydrogens (tertiary/aromatic N) is 1. The van der Waals surface area contributed by atoms with Crippen LogP contribution >= 0.6 is 0 Å². The largest absolute Gasteiger partial charge is 0.378 e. The smallest absolute Gasteiger partial charge is 0.0171 e. The van der Waals surface area contributed by atoms with Gasteiger partial charge in [-0.25, -0.2) is 0 Å². The number of unbranched alkanes of at least 4 members (excludes halogenated alkanes) is 1. The Morgan fingerprint density at radius 2 is 1.79 bits per heavy atom. The van der Waals surface area contributed by atoms with E-state index in [1.165, 1.54) is 25.0 Å². The SMILES string of the molecule is C=C(CC)N(C)CCCCC(C)(C)C. The molecule has 0 spiro atoms. The number of rotatable bonds is 6. The van der Waals surface area contributed by atoms with Gasteiger partial charge in [0.2, 0.25) is 0 Å². The van der Waals surface area contributed by atoms with Crippen molar-refractivity contribution < 1.29 is 0 Å². The lowest BCUT2D eigenvalue weighted by molar-refractivity contribution is 0.334. The summed E-state index contributed by atoms with van der Waals surface area (Å²) in [4.78, 5) is 2.28. The van der Waals surface area contributed by atoms with Gasteiger partial charge in [0.1, 0.15) is 0 Å². The van der Waals surface area contributed by atoms with Gasteiger partial charge in [0, 0.05) is 19.3 Å². The second-order valence-electron chi connectivity index (χ2n) is 5.36. The third kappa shape index (κ3) is 6.99. The molecule has 0 heterocycles. The molecule has 0 fully saturated rings. The molecule has 0 N–H and O–H groups in total. The summed E-state index contributed by atoms with van der Waals surface area (Å²) in [6.45, 7) is 14.3. The molecule has 0 aliphatic carbocycles. The van der Waals surface area contributed by atoms with E-state index in [-0.39, 0.29) is 0 Å². The second-order valence-corrected chi connectivity index (χ2v) is 5.36. The minimum absolute atomic E-state index is 0.486. The summed E-state index contributed by atoms with van der Waals surface area (Å²) in [5.74, 6) is 0. The first kappa shape index (κ1) is 13.5. The lowest BCUT2D eigenvalue weighted by Crippen LogP contribution is -2.18. The average molecular weight is 197 g/mol. The quantitative estimate of drug-likeness (QED) is 0.580. The Kier molecular flexibility index (Phi) is 5.90. The topological polar surface area (TPSA) is 3.24 Å². The van der Waals surface area contributed by atoms with Crippen LogP contribution in [0.3, 0.4) is 0 Å². The van der Waals surface area contributed by atoms with E-state index >= 15 is 0 Å². The van der Waals surface area contributed by atoms with Crippen molar-refractivity contribution in [2.75, 3.05) is 13.6 Å². The fourth-order valence-electron chi connectivity index (χ4n) is 1.43. The molecule has 0 saturated heterocycles. The molecule has 1 nitrogen and oxygen atoms in total. The van der Waals surface area contributed by atoms with Crippen LogP contribution < -0.4 is 0 Å². The molecular weight excluding hydrogens is 170 g/mol. The van der Waals surface area contributed by atoms with Gasteiger partial charge in [-0.3, -0.25) is 0 Å². The van der Waals surface area contributed by atoms with Gasteiger partial charge in [-0.1, -0.05) is 40.7 Å². The summed E-state index contributed by atoms with van der Waals surface area (Å²) < 4.78 is 0. The maximum atomic E-state index is 4.03.